The van der Waals surface area contributed by atoms with Crippen LogP contribution in [-0.4, -0.2) is 68.4 Å². The van der Waals surface area contributed by atoms with Gasteiger partial charge >= 0.3 is 0 Å². The number of hydrogen-bond acceptors (Lipinski definition) is 7. The summed E-state index contributed by atoms with van der Waals surface area (Å²) in [5, 5.41) is 0.693. The largest absolute Gasteiger partial charge is 0.494 e. The van der Waals surface area contributed by atoms with Gasteiger partial charge < -0.3 is 14.2 Å². The number of amides is 1. The fourth-order valence-electron chi connectivity index (χ4n) is 3.73. The molecule has 0 radical (unpaired) electrons. The first-order valence-electron chi connectivity index (χ1n) is 11.5. The third-order valence-electron chi connectivity index (χ3n) is 5.53. The molecule has 1 aromatic heterocycles. The summed E-state index contributed by atoms with van der Waals surface area (Å²) in [7, 11) is 0. The molecular weight excluding hydrogens is 438 g/mol. The van der Waals surface area contributed by atoms with E-state index in [1.54, 1.807) is 4.90 Å². The summed E-state index contributed by atoms with van der Waals surface area (Å²) < 4.78 is 17.8. The number of fused-ring (bicyclic) bond motifs is 1. The van der Waals surface area contributed by atoms with Crippen LogP contribution in [0.4, 0.5) is 5.13 Å². The molecule has 1 aliphatic heterocycles. The Kier molecular flexibility index (Phi) is 8.15. The van der Waals surface area contributed by atoms with Crippen molar-refractivity contribution in [3.63, 3.8) is 0 Å². The maximum atomic E-state index is 13.2. The first kappa shape index (κ1) is 23.5. The van der Waals surface area contributed by atoms with Crippen molar-refractivity contribution in [1.82, 2.24) is 9.88 Å². The van der Waals surface area contributed by atoms with E-state index >= 15 is 0 Å². The number of rotatable bonds is 10. The smallest absolute Gasteiger partial charge is 0.266 e. The summed E-state index contributed by atoms with van der Waals surface area (Å²) in [5.74, 6) is 1.41. The Morgan fingerprint density at radius 3 is 2.64 bits per heavy atom. The minimum Gasteiger partial charge on any atom is -0.494 e. The van der Waals surface area contributed by atoms with E-state index in [9.17, 15) is 4.79 Å². The van der Waals surface area contributed by atoms with Crippen molar-refractivity contribution in [2.75, 3.05) is 57.5 Å². The van der Waals surface area contributed by atoms with Crippen LogP contribution in [0.1, 0.15) is 18.9 Å². The average Bonchev–Trinajstić information content (AvgIpc) is 3.25. The third-order valence-corrected chi connectivity index (χ3v) is 6.58. The van der Waals surface area contributed by atoms with Gasteiger partial charge in [-0.15, -0.1) is 0 Å². The van der Waals surface area contributed by atoms with Crippen LogP contribution in [-0.2, 0) is 9.53 Å². The second kappa shape index (κ2) is 11.4. The fourth-order valence-corrected chi connectivity index (χ4v) is 4.76. The maximum absolute atomic E-state index is 13.2. The lowest BCUT2D eigenvalue weighted by atomic mass is 10.2. The zero-order chi connectivity index (χ0) is 23.0. The molecular formula is C25H31N3O4S. The zero-order valence-corrected chi connectivity index (χ0v) is 20.1. The van der Waals surface area contributed by atoms with Crippen molar-refractivity contribution in [2.45, 2.75) is 20.3 Å². The van der Waals surface area contributed by atoms with Crippen molar-refractivity contribution in [3.8, 4) is 11.5 Å². The Bertz CT molecular complexity index is 1050. The van der Waals surface area contributed by atoms with Gasteiger partial charge in [0, 0.05) is 26.2 Å². The summed E-state index contributed by atoms with van der Waals surface area (Å²) in [6, 6.07) is 13.6. The molecule has 176 valence electrons. The Morgan fingerprint density at radius 1 is 1.12 bits per heavy atom. The molecule has 2 heterocycles. The van der Waals surface area contributed by atoms with Crippen LogP contribution in [0.2, 0.25) is 0 Å². The standard InChI is InChI=1S/C25H31N3O4S/c1-3-31-21-9-10-22-23(17-21)33-25(26-22)28(12-4-11-27-13-15-30-16-14-27)24(29)18-32-20-7-5-19(2)6-8-20/h5-10,17H,3-4,11-16,18H2,1-2H3. The highest BCUT2D eigenvalue weighted by Crippen LogP contribution is 2.32. The molecule has 0 spiro atoms. The second-order valence-electron chi connectivity index (χ2n) is 8.01. The monoisotopic (exact) mass is 469 g/mol. The summed E-state index contributed by atoms with van der Waals surface area (Å²) >= 11 is 1.51. The van der Waals surface area contributed by atoms with E-state index in [1.807, 2.05) is 56.3 Å². The predicted octanol–water partition coefficient (Wildman–Crippen LogP) is 4.14. The third kappa shape index (κ3) is 6.43. The van der Waals surface area contributed by atoms with E-state index in [2.05, 4.69) is 4.90 Å². The number of hydrogen-bond donors (Lipinski definition) is 0. The van der Waals surface area contributed by atoms with Crippen molar-refractivity contribution < 1.29 is 19.0 Å². The van der Waals surface area contributed by atoms with Crippen LogP contribution in [0.15, 0.2) is 42.5 Å². The van der Waals surface area contributed by atoms with Crippen molar-refractivity contribution in [3.05, 3.63) is 48.0 Å². The van der Waals surface area contributed by atoms with Crippen LogP contribution in [0.5, 0.6) is 11.5 Å². The first-order chi connectivity index (χ1) is 16.1. The molecule has 7 nitrogen and oxygen atoms in total. The van der Waals surface area contributed by atoms with Gasteiger partial charge in [0.05, 0.1) is 30.0 Å². The lowest BCUT2D eigenvalue weighted by Crippen LogP contribution is -2.40. The summed E-state index contributed by atoms with van der Waals surface area (Å²) in [5.41, 5.74) is 2.02. The average molecular weight is 470 g/mol. The number of carbonyl (C=O) groups is 1. The van der Waals surface area contributed by atoms with Gasteiger partial charge in [-0.2, -0.15) is 0 Å². The minimum atomic E-state index is -0.0957. The van der Waals surface area contributed by atoms with Gasteiger partial charge in [-0.25, -0.2) is 4.98 Å². The molecule has 33 heavy (non-hydrogen) atoms. The van der Waals surface area contributed by atoms with Gasteiger partial charge in [-0.05, 0) is 50.6 Å². The molecule has 0 atom stereocenters. The topological polar surface area (TPSA) is 64.1 Å². The molecule has 2 aromatic carbocycles. The number of carbonyl (C=O) groups excluding carboxylic acids is 1. The molecule has 1 amide bonds. The van der Waals surface area contributed by atoms with Gasteiger partial charge in [0.25, 0.3) is 5.91 Å². The Balaban J connectivity index is 1.47. The van der Waals surface area contributed by atoms with Crippen molar-refractivity contribution in [1.29, 1.82) is 0 Å². The van der Waals surface area contributed by atoms with Gasteiger partial charge in [0.2, 0.25) is 0 Å². The fraction of sp³-hybridized carbons (Fsp3) is 0.440. The number of anilines is 1. The van der Waals surface area contributed by atoms with Crippen LogP contribution < -0.4 is 14.4 Å². The highest BCUT2D eigenvalue weighted by Gasteiger charge is 2.21. The number of ether oxygens (including phenoxy) is 3. The Morgan fingerprint density at radius 2 is 1.88 bits per heavy atom. The molecule has 0 aliphatic carbocycles. The molecule has 1 fully saturated rings. The second-order valence-corrected chi connectivity index (χ2v) is 9.02. The van der Waals surface area contributed by atoms with E-state index < -0.39 is 0 Å². The minimum absolute atomic E-state index is 0.0270. The number of thiazole rings is 1. The SMILES string of the molecule is CCOc1ccc2nc(N(CCCN3CCOCC3)C(=O)COc3ccc(C)cc3)sc2c1. The van der Waals surface area contributed by atoms with Crippen LogP contribution in [0, 0.1) is 6.92 Å². The van der Waals surface area contributed by atoms with Gasteiger partial charge in [-0.3, -0.25) is 14.6 Å². The highest BCUT2D eigenvalue weighted by atomic mass is 32.1. The van der Waals surface area contributed by atoms with Crippen LogP contribution in [0.25, 0.3) is 10.2 Å². The molecule has 4 rings (SSSR count). The number of aromatic nitrogens is 1. The molecule has 0 bridgehead atoms. The summed E-state index contributed by atoms with van der Waals surface area (Å²) in [4.78, 5) is 22.1. The Labute approximate surface area is 198 Å². The van der Waals surface area contributed by atoms with E-state index in [1.165, 1.54) is 11.3 Å². The first-order valence-corrected chi connectivity index (χ1v) is 12.3. The molecule has 1 saturated heterocycles. The van der Waals surface area contributed by atoms with Crippen LogP contribution in [0.3, 0.4) is 0 Å². The molecule has 3 aromatic rings. The highest BCUT2D eigenvalue weighted by molar-refractivity contribution is 7.22. The number of nitrogens with zero attached hydrogens (tertiary/aromatic N) is 3. The zero-order valence-electron chi connectivity index (χ0n) is 19.3. The number of morpholine rings is 1. The quantitative estimate of drug-likeness (QED) is 0.445. The molecule has 1 aliphatic rings. The molecule has 0 saturated carbocycles. The lowest BCUT2D eigenvalue weighted by molar-refractivity contribution is -0.120. The lowest BCUT2D eigenvalue weighted by Gasteiger charge is -2.27. The summed E-state index contributed by atoms with van der Waals surface area (Å²) in [6.07, 6.45) is 0.858. The number of benzene rings is 2. The predicted molar refractivity (Wildman–Crippen MR) is 132 cm³/mol. The maximum Gasteiger partial charge on any atom is 0.266 e. The Hall–Kier alpha value is -2.68. The van der Waals surface area contributed by atoms with E-state index in [4.69, 9.17) is 19.2 Å². The van der Waals surface area contributed by atoms with Gasteiger partial charge in [0.15, 0.2) is 11.7 Å². The normalized spacial score (nSPS) is 14.4. The molecule has 8 heteroatoms. The summed E-state index contributed by atoms with van der Waals surface area (Å²) in [6.45, 7) is 9.50. The molecule has 0 unspecified atom stereocenters. The number of aryl methyl sites for hydroxylation is 1. The molecule has 0 N–H and O–H groups in total. The van der Waals surface area contributed by atoms with Crippen molar-refractivity contribution >= 4 is 32.6 Å². The van der Waals surface area contributed by atoms with Gasteiger partial charge in [0.1, 0.15) is 11.5 Å². The van der Waals surface area contributed by atoms with Crippen LogP contribution >= 0.6 is 11.3 Å². The van der Waals surface area contributed by atoms with Crippen molar-refractivity contribution in [2.24, 2.45) is 0 Å². The van der Waals surface area contributed by atoms with Gasteiger partial charge in [-0.1, -0.05) is 29.0 Å². The van der Waals surface area contributed by atoms with E-state index in [-0.39, 0.29) is 12.5 Å². The van der Waals surface area contributed by atoms with E-state index in [0.717, 1.165) is 60.8 Å². The van der Waals surface area contributed by atoms with E-state index in [0.29, 0.717) is 24.0 Å².